The number of methoxy groups -OCH3 is 1. The van der Waals surface area contributed by atoms with Gasteiger partial charge in [-0.2, -0.15) is 13.2 Å². The molecule has 3 rings (SSSR count). The van der Waals surface area contributed by atoms with Crippen LogP contribution in [0.1, 0.15) is 54.9 Å². The lowest BCUT2D eigenvalue weighted by Gasteiger charge is -2.28. The lowest BCUT2D eigenvalue weighted by Crippen LogP contribution is -2.37. The Balaban J connectivity index is 1.89. The molecule has 0 spiro atoms. The van der Waals surface area contributed by atoms with Crippen LogP contribution < -0.4 is 10.1 Å². The Hall–Kier alpha value is -2.21. The molecule has 0 heterocycles. The minimum absolute atomic E-state index is 0.0569. The summed E-state index contributed by atoms with van der Waals surface area (Å²) in [6.07, 6.45) is 0.481. The maximum atomic E-state index is 13.6. The Labute approximate surface area is 179 Å². The van der Waals surface area contributed by atoms with Crippen molar-refractivity contribution >= 4 is 17.5 Å². The molecule has 1 aliphatic rings. The summed E-state index contributed by atoms with van der Waals surface area (Å²) in [5.41, 5.74) is -0.438. The van der Waals surface area contributed by atoms with Gasteiger partial charge in [-0.3, -0.25) is 4.79 Å². The molecule has 3 nitrogen and oxygen atoms in total. The number of ether oxygens (including phenoxy) is 1. The smallest absolute Gasteiger partial charge is 0.417 e. The molecule has 2 aromatic carbocycles. The highest BCUT2D eigenvalue weighted by molar-refractivity contribution is 6.32. The standard InChI is InChI=1S/C23H25ClF3NO2/c1-3-14-4-8-17(9-5-14)28-22(29)16-6-10-19(23(25,26)27)18(12-16)15-7-11-21(30-2)20(24)13-15/h6-7,10-14,17H,3-5,8-9H2,1-2H3,(H,28,29). The molecule has 1 fully saturated rings. The van der Waals surface area contributed by atoms with Crippen molar-refractivity contribution in [2.75, 3.05) is 7.11 Å². The Morgan fingerprint density at radius 3 is 2.40 bits per heavy atom. The molecule has 0 unspecified atom stereocenters. The highest BCUT2D eigenvalue weighted by Gasteiger charge is 2.34. The van der Waals surface area contributed by atoms with E-state index in [-0.39, 0.29) is 33.7 Å². The molecule has 30 heavy (non-hydrogen) atoms. The molecular formula is C23H25ClF3NO2. The maximum absolute atomic E-state index is 13.6. The molecule has 0 radical (unpaired) electrons. The Kier molecular flexibility index (Phi) is 6.96. The lowest BCUT2D eigenvalue weighted by atomic mass is 9.84. The highest BCUT2D eigenvalue weighted by atomic mass is 35.5. The zero-order valence-corrected chi connectivity index (χ0v) is 17.7. The van der Waals surface area contributed by atoms with Gasteiger partial charge in [0.15, 0.2) is 0 Å². The molecular weight excluding hydrogens is 415 g/mol. The second-order valence-corrected chi connectivity index (χ2v) is 8.11. The van der Waals surface area contributed by atoms with Crippen molar-refractivity contribution in [3.05, 3.63) is 52.5 Å². The molecule has 0 saturated heterocycles. The number of amides is 1. The normalized spacial score (nSPS) is 19.4. The van der Waals surface area contributed by atoms with Crippen LogP contribution in [0.2, 0.25) is 5.02 Å². The number of alkyl halides is 3. The molecule has 7 heteroatoms. The van der Waals surface area contributed by atoms with Crippen LogP contribution in [-0.4, -0.2) is 19.1 Å². The van der Waals surface area contributed by atoms with Gasteiger partial charge in [0.2, 0.25) is 0 Å². The Morgan fingerprint density at radius 1 is 1.13 bits per heavy atom. The van der Waals surface area contributed by atoms with Crippen LogP contribution in [0.25, 0.3) is 11.1 Å². The van der Waals surface area contributed by atoms with Crippen LogP contribution in [0.3, 0.4) is 0 Å². The summed E-state index contributed by atoms with van der Waals surface area (Å²) < 4.78 is 45.9. The van der Waals surface area contributed by atoms with E-state index in [1.54, 1.807) is 0 Å². The summed E-state index contributed by atoms with van der Waals surface area (Å²) in [5, 5.41) is 3.18. The van der Waals surface area contributed by atoms with Gasteiger partial charge in [-0.05, 0) is 73.1 Å². The van der Waals surface area contributed by atoms with Crippen molar-refractivity contribution in [2.24, 2.45) is 5.92 Å². The van der Waals surface area contributed by atoms with Crippen LogP contribution in [0.4, 0.5) is 13.2 Å². The second kappa shape index (κ2) is 9.29. The van der Waals surface area contributed by atoms with Crippen molar-refractivity contribution in [3.8, 4) is 16.9 Å². The molecule has 0 aliphatic heterocycles. The van der Waals surface area contributed by atoms with Crippen molar-refractivity contribution in [3.63, 3.8) is 0 Å². The van der Waals surface area contributed by atoms with Gasteiger partial charge in [0.1, 0.15) is 5.75 Å². The first-order valence-electron chi connectivity index (χ1n) is 10.1. The molecule has 1 saturated carbocycles. The number of rotatable bonds is 5. The average Bonchev–Trinajstić information content (AvgIpc) is 2.73. The summed E-state index contributed by atoms with van der Waals surface area (Å²) in [5.74, 6) is 0.700. The zero-order valence-electron chi connectivity index (χ0n) is 17.0. The number of benzene rings is 2. The average molecular weight is 440 g/mol. The highest BCUT2D eigenvalue weighted by Crippen LogP contribution is 2.39. The lowest BCUT2D eigenvalue weighted by molar-refractivity contribution is -0.137. The van der Waals surface area contributed by atoms with E-state index in [0.717, 1.165) is 38.2 Å². The van der Waals surface area contributed by atoms with Crippen LogP contribution >= 0.6 is 11.6 Å². The van der Waals surface area contributed by atoms with Gasteiger partial charge in [0.05, 0.1) is 17.7 Å². The van der Waals surface area contributed by atoms with Crippen LogP contribution in [0.15, 0.2) is 36.4 Å². The summed E-state index contributed by atoms with van der Waals surface area (Å²) in [4.78, 5) is 12.7. The molecule has 0 atom stereocenters. The van der Waals surface area contributed by atoms with Gasteiger partial charge in [0, 0.05) is 11.6 Å². The third-order valence-electron chi connectivity index (χ3n) is 5.81. The number of carbonyl (C=O) groups is 1. The van der Waals surface area contributed by atoms with Crippen molar-refractivity contribution < 1.29 is 22.7 Å². The number of halogens is 4. The summed E-state index contributed by atoms with van der Waals surface area (Å²) in [6.45, 7) is 2.17. The molecule has 1 aliphatic carbocycles. The molecule has 162 valence electrons. The largest absolute Gasteiger partial charge is 0.495 e. The molecule has 1 N–H and O–H groups in total. The van der Waals surface area contributed by atoms with Crippen molar-refractivity contribution in [1.29, 1.82) is 0 Å². The summed E-state index contributed by atoms with van der Waals surface area (Å²) >= 11 is 6.12. The van der Waals surface area contributed by atoms with Gasteiger partial charge in [-0.1, -0.05) is 31.0 Å². The van der Waals surface area contributed by atoms with Crippen molar-refractivity contribution in [2.45, 2.75) is 51.2 Å². The number of hydrogen-bond donors (Lipinski definition) is 1. The molecule has 0 aromatic heterocycles. The van der Waals surface area contributed by atoms with E-state index in [1.165, 1.54) is 37.4 Å². The summed E-state index contributed by atoms with van der Waals surface area (Å²) in [6, 6.07) is 7.95. The van der Waals surface area contributed by atoms with Gasteiger partial charge in [-0.25, -0.2) is 0 Å². The monoisotopic (exact) mass is 439 g/mol. The Bertz CT molecular complexity index is 906. The predicted molar refractivity (Wildman–Crippen MR) is 112 cm³/mol. The van der Waals surface area contributed by atoms with Crippen molar-refractivity contribution in [1.82, 2.24) is 5.32 Å². The van der Waals surface area contributed by atoms with E-state index in [2.05, 4.69) is 12.2 Å². The van der Waals surface area contributed by atoms with E-state index >= 15 is 0 Å². The zero-order chi connectivity index (χ0) is 21.9. The fourth-order valence-corrected chi connectivity index (χ4v) is 4.25. The van der Waals surface area contributed by atoms with Gasteiger partial charge in [-0.15, -0.1) is 0 Å². The fraction of sp³-hybridized carbons (Fsp3) is 0.435. The minimum Gasteiger partial charge on any atom is -0.495 e. The van der Waals surface area contributed by atoms with E-state index in [4.69, 9.17) is 16.3 Å². The first kappa shape index (κ1) is 22.5. The topological polar surface area (TPSA) is 38.3 Å². The Morgan fingerprint density at radius 2 is 1.83 bits per heavy atom. The summed E-state index contributed by atoms with van der Waals surface area (Å²) in [7, 11) is 1.43. The van der Waals surface area contributed by atoms with E-state index < -0.39 is 11.7 Å². The van der Waals surface area contributed by atoms with E-state index in [1.807, 2.05) is 0 Å². The quantitative estimate of drug-likeness (QED) is 0.560. The van der Waals surface area contributed by atoms with Gasteiger partial charge >= 0.3 is 6.18 Å². The number of nitrogens with one attached hydrogen (secondary N) is 1. The van der Waals surface area contributed by atoms with Crippen LogP contribution in [-0.2, 0) is 6.18 Å². The third-order valence-corrected chi connectivity index (χ3v) is 6.10. The maximum Gasteiger partial charge on any atom is 0.417 e. The molecule has 0 bridgehead atoms. The third kappa shape index (κ3) is 5.09. The van der Waals surface area contributed by atoms with E-state index in [0.29, 0.717) is 11.7 Å². The molecule has 2 aromatic rings. The minimum atomic E-state index is -4.56. The molecule has 1 amide bonds. The SMILES string of the molecule is CCC1CCC(NC(=O)c2ccc(C(F)(F)F)c(-c3ccc(OC)c(Cl)c3)c2)CC1. The first-order valence-corrected chi connectivity index (χ1v) is 10.5. The predicted octanol–water partition coefficient (Wildman–Crippen LogP) is 6.73. The first-order chi connectivity index (χ1) is 14.2. The second-order valence-electron chi connectivity index (χ2n) is 7.71. The van der Waals surface area contributed by atoms with Crippen LogP contribution in [0.5, 0.6) is 5.75 Å². The number of carbonyl (C=O) groups excluding carboxylic acids is 1. The van der Waals surface area contributed by atoms with Gasteiger partial charge in [0.25, 0.3) is 5.91 Å². The van der Waals surface area contributed by atoms with Gasteiger partial charge < -0.3 is 10.1 Å². The fourth-order valence-electron chi connectivity index (χ4n) is 3.99. The van der Waals surface area contributed by atoms with Crippen LogP contribution in [0, 0.1) is 5.92 Å². The van der Waals surface area contributed by atoms with E-state index in [9.17, 15) is 18.0 Å². The number of hydrogen-bond acceptors (Lipinski definition) is 2.